The highest BCUT2D eigenvalue weighted by molar-refractivity contribution is 7.99. The second kappa shape index (κ2) is 6.31. The van der Waals surface area contributed by atoms with Crippen molar-refractivity contribution in [2.75, 3.05) is 12.4 Å². The predicted molar refractivity (Wildman–Crippen MR) is 66.3 cm³/mol. The van der Waals surface area contributed by atoms with Crippen LogP contribution in [0.25, 0.3) is 0 Å². The lowest BCUT2D eigenvalue weighted by Gasteiger charge is -2.04. The molecule has 2 heterocycles. The van der Waals surface area contributed by atoms with Crippen molar-refractivity contribution in [1.82, 2.24) is 24.8 Å². The molecule has 0 saturated heterocycles. The second-order valence-corrected chi connectivity index (χ2v) is 4.55. The number of pyridine rings is 1. The highest BCUT2D eigenvalue weighted by Gasteiger charge is 2.05. The van der Waals surface area contributed by atoms with Gasteiger partial charge in [-0.2, -0.15) is 0 Å². The first kappa shape index (κ1) is 12.8. The van der Waals surface area contributed by atoms with E-state index < -0.39 is 0 Å². The van der Waals surface area contributed by atoms with Gasteiger partial charge < -0.3 is 9.67 Å². The van der Waals surface area contributed by atoms with Crippen LogP contribution in [0.15, 0.2) is 34.3 Å². The van der Waals surface area contributed by atoms with E-state index in [2.05, 4.69) is 15.5 Å². The van der Waals surface area contributed by atoms with Gasteiger partial charge in [-0.1, -0.05) is 17.8 Å². The molecule has 0 aromatic carbocycles. The van der Waals surface area contributed by atoms with E-state index in [-0.39, 0.29) is 12.2 Å². The van der Waals surface area contributed by atoms with Gasteiger partial charge in [0.25, 0.3) is 5.56 Å². The molecular weight excluding hydrogens is 254 g/mol. The van der Waals surface area contributed by atoms with Gasteiger partial charge in [0.1, 0.15) is 0 Å². The van der Waals surface area contributed by atoms with E-state index in [1.165, 1.54) is 17.8 Å². The molecule has 18 heavy (non-hydrogen) atoms. The number of aliphatic hydroxyl groups is 1. The minimum absolute atomic E-state index is 0.00323. The maximum atomic E-state index is 11.5. The first-order valence-electron chi connectivity index (χ1n) is 5.46. The van der Waals surface area contributed by atoms with Gasteiger partial charge in [0.05, 0.1) is 13.2 Å². The van der Waals surface area contributed by atoms with Crippen LogP contribution in [0.4, 0.5) is 0 Å². The number of thioether (sulfide) groups is 1. The number of rotatable bonds is 6. The van der Waals surface area contributed by atoms with Gasteiger partial charge >= 0.3 is 0 Å². The third-order valence-electron chi connectivity index (χ3n) is 2.27. The zero-order chi connectivity index (χ0) is 12.8. The number of tetrazole rings is 1. The number of nitrogens with zero attached hydrogens (tertiary/aromatic N) is 5. The summed E-state index contributed by atoms with van der Waals surface area (Å²) in [5, 5.41) is 20.6. The average molecular weight is 267 g/mol. The number of aryl methyl sites for hydroxylation is 1. The Labute approximate surface area is 107 Å². The lowest BCUT2D eigenvalue weighted by Crippen LogP contribution is -2.18. The molecule has 96 valence electrons. The lowest BCUT2D eigenvalue weighted by atomic mass is 10.5. The molecule has 1 N–H and O–H groups in total. The molecule has 2 rings (SSSR count). The molecule has 0 atom stereocenters. The topological polar surface area (TPSA) is 85.8 Å². The van der Waals surface area contributed by atoms with Crippen LogP contribution in [0.1, 0.15) is 0 Å². The van der Waals surface area contributed by atoms with Crippen molar-refractivity contribution in [2.45, 2.75) is 18.2 Å². The Morgan fingerprint density at radius 3 is 3.00 bits per heavy atom. The van der Waals surface area contributed by atoms with Crippen LogP contribution in [0.3, 0.4) is 0 Å². The Hall–Kier alpha value is -1.67. The summed E-state index contributed by atoms with van der Waals surface area (Å²) in [7, 11) is 0. The number of hydrogen-bond donors (Lipinski definition) is 1. The lowest BCUT2D eigenvalue weighted by molar-refractivity contribution is 0.262. The standard InChI is InChI=1S/C10H13N5O2S/c16-7-5-15-10(11-12-13-15)18-8-6-14-4-2-1-3-9(14)17/h1-4,16H,5-8H2. The van der Waals surface area contributed by atoms with Gasteiger partial charge in [-0.3, -0.25) is 4.79 Å². The van der Waals surface area contributed by atoms with Crippen molar-refractivity contribution >= 4 is 11.8 Å². The molecule has 0 unspecified atom stereocenters. The van der Waals surface area contributed by atoms with E-state index in [1.54, 1.807) is 21.5 Å². The van der Waals surface area contributed by atoms with E-state index in [0.29, 0.717) is 24.0 Å². The minimum atomic E-state index is -0.0203. The van der Waals surface area contributed by atoms with E-state index in [9.17, 15) is 4.79 Å². The van der Waals surface area contributed by atoms with E-state index >= 15 is 0 Å². The van der Waals surface area contributed by atoms with E-state index in [4.69, 9.17) is 5.11 Å². The summed E-state index contributed by atoms with van der Waals surface area (Å²) in [5.41, 5.74) is -0.0203. The van der Waals surface area contributed by atoms with Crippen LogP contribution in [-0.2, 0) is 13.1 Å². The van der Waals surface area contributed by atoms with Gasteiger partial charge in [-0.05, 0) is 16.5 Å². The zero-order valence-corrected chi connectivity index (χ0v) is 10.5. The Balaban J connectivity index is 1.91. The predicted octanol–water partition coefficient (Wildman–Crippen LogP) is -0.381. The quantitative estimate of drug-likeness (QED) is 0.718. The summed E-state index contributed by atoms with van der Waals surface area (Å²) in [6.45, 7) is 0.966. The van der Waals surface area contributed by atoms with Gasteiger partial charge in [0.15, 0.2) is 0 Å². The Kier molecular flexibility index (Phi) is 4.48. The second-order valence-electron chi connectivity index (χ2n) is 3.49. The molecule has 8 heteroatoms. The molecule has 0 fully saturated rings. The largest absolute Gasteiger partial charge is 0.394 e. The Morgan fingerprint density at radius 1 is 1.33 bits per heavy atom. The van der Waals surface area contributed by atoms with Crippen molar-refractivity contribution in [3.05, 3.63) is 34.7 Å². The molecule has 0 aliphatic heterocycles. The molecule has 0 bridgehead atoms. The highest BCUT2D eigenvalue weighted by Crippen LogP contribution is 2.13. The van der Waals surface area contributed by atoms with Crippen LogP contribution in [0, 0.1) is 0 Å². The van der Waals surface area contributed by atoms with Crippen LogP contribution in [-0.4, -0.2) is 42.2 Å². The molecule has 0 spiro atoms. The Bertz CT molecular complexity index is 553. The van der Waals surface area contributed by atoms with Crippen LogP contribution < -0.4 is 5.56 Å². The van der Waals surface area contributed by atoms with Crippen LogP contribution >= 0.6 is 11.8 Å². The molecule has 0 aliphatic carbocycles. The van der Waals surface area contributed by atoms with Crippen molar-refractivity contribution in [3.8, 4) is 0 Å². The first-order valence-corrected chi connectivity index (χ1v) is 6.45. The molecule has 0 aliphatic rings. The minimum Gasteiger partial charge on any atom is -0.394 e. The van der Waals surface area contributed by atoms with Crippen molar-refractivity contribution in [1.29, 1.82) is 0 Å². The summed E-state index contributed by atoms with van der Waals surface area (Å²) < 4.78 is 3.17. The average Bonchev–Trinajstić information content (AvgIpc) is 2.80. The fourth-order valence-electron chi connectivity index (χ4n) is 1.42. The first-order chi connectivity index (χ1) is 8.81. The smallest absolute Gasteiger partial charge is 0.250 e. The van der Waals surface area contributed by atoms with Gasteiger partial charge in [0.2, 0.25) is 5.16 Å². The third-order valence-corrected chi connectivity index (χ3v) is 3.21. The van der Waals surface area contributed by atoms with Crippen molar-refractivity contribution in [3.63, 3.8) is 0 Å². The Morgan fingerprint density at radius 2 is 2.22 bits per heavy atom. The summed E-state index contributed by atoms with van der Waals surface area (Å²) >= 11 is 1.45. The molecule has 0 saturated carbocycles. The van der Waals surface area contributed by atoms with Gasteiger partial charge in [-0.25, -0.2) is 4.68 Å². The molecular formula is C10H13N5O2S. The normalized spacial score (nSPS) is 10.7. The molecule has 7 nitrogen and oxygen atoms in total. The fourth-order valence-corrected chi connectivity index (χ4v) is 2.26. The monoisotopic (exact) mass is 267 g/mol. The number of aromatic nitrogens is 5. The molecule has 2 aromatic rings. The van der Waals surface area contributed by atoms with E-state index in [0.717, 1.165) is 0 Å². The van der Waals surface area contributed by atoms with Crippen molar-refractivity contribution in [2.24, 2.45) is 0 Å². The van der Waals surface area contributed by atoms with Crippen LogP contribution in [0.5, 0.6) is 0 Å². The number of hydrogen-bond acceptors (Lipinski definition) is 6. The maximum Gasteiger partial charge on any atom is 0.250 e. The number of aliphatic hydroxyl groups excluding tert-OH is 1. The molecule has 2 aromatic heterocycles. The summed E-state index contributed by atoms with van der Waals surface area (Å²) in [6, 6.07) is 5.07. The third kappa shape index (κ3) is 3.17. The zero-order valence-electron chi connectivity index (χ0n) is 9.64. The van der Waals surface area contributed by atoms with Crippen molar-refractivity contribution < 1.29 is 5.11 Å². The summed E-state index contributed by atoms with van der Waals surface area (Å²) in [5.74, 6) is 0.690. The SMILES string of the molecule is O=c1ccccn1CCSc1nnnn1CCO. The van der Waals surface area contributed by atoms with Crippen LogP contribution in [0.2, 0.25) is 0 Å². The fraction of sp³-hybridized carbons (Fsp3) is 0.400. The van der Waals surface area contributed by atoms with E-state index in [1.807, 2.05) is 6.07 Å². The molecule has 0 amide bonds. The summed E-state index contributed by atoms with van der Waals surface area (Å²) in [4.78, 5) is 11.5. The maximum absolute atomic E-state index is 11.5. The summed E-state index contributed by atoms with van der Waals surface area (Å²) in [6.07, 6.45) is 1.75. The van der Waals surface area contributed by atoms with Gasteiger partial charge in [0, 0.05) is 24.6 Å². The van der Waals surface area contributed by atoms with Gasteiger partial charge in [-0.15, -0.1) is 5.10 Å². The highest BCUT2D eigenvalue weighted by atomic mass is 32.2. The molecule has 0 radical (unpaired) electrons.